The van der Waals surface area contributed by atoms with Crippen molar-refractivity contribution in [1.82, 2.24) is 9.88 Å². The Morgan fingerprint density at radius 3 is 2.95 bits per heavy atom. The number of hydrogen-bond acceptors (Lipinski definition) is 3. The molecule has 3 heteroatoms. The van der Waals surface area contributed by atoms with Gasteiger partial charge in [-0.1, -0.05) is 31.5 Å². The Hall–Kier alpha value is -1.61. The summed E-state index contributed by atoms with van der Waals surface area (Å²) in [6.45, 7) is 5.61. The van der Waals surface area contributed by atoms with Crippen LogP contribution >= 0.6 is 0 Å². The van der Waals surface area contributed by atoms with E-state index in [1.54, 1.807) is 0 Å². The molecule has 21 heavy (non-hydrogen) atoms. The van der Waals surface area contributed by atoms with Gasteiger partial charge in [-0.05, 0) is 50.4 Å². The van der Waals surface area contributed by atoms with Crippen LogP contribution in [0.25, 0.3) is 10.9 Å². The molecule has 2 heterocycles. The predicted molar refractivity (Wildman–Crippen MR) is 89.1 cm³/mol. The molecule has 112 valence electrons. The molecule has 1 unspecified atom stereocenters. The van der Waals surface area contributed by atoms with Gasteiger partial charge in [-0.15, -0.1) is 0 Å². The zero-order chi connectivity index (χ0) is 14.7. The van der Waals surface area contributed by atoms with Gasteiger partial charge in [0.05, 0.1) is 11.2 Å². The highest BCUT2D eigenvalue weighted by Gasteiger charge is 2.16. The summed E-state index contributed by atoms with van der Waals surface area (Å²) in [6.07, 6.45) is 5.32. The average molecular weight is 283 g/mol. The summed E-state index contributed by atoms with van der Waals surface area (Å²) in [4.78, 5) is 7.31. The van der Waals surface area contributed by atoms with Crippen LogP contribution in [0.5, 0.6) is 0 Å². The first kappa shape index (κ1) is 14.3. The van der Waals surface area contributed by atoms with Crippen LogP contribution in [0.2, 0.25) is 0 Å². The van der Waals surface area contributed by atoms with E-state index in [0.29, 0.717) is 0 Å². The second-order valence-electron chi connectivity index (χ2n) is 6.20. The Morgan fingerprint density at radius 1 is 1.24 bits per heavy atom. The minimum absolute atomic E-state index is 0.844. The fourth-order valence-corrected chi connectivity index (χ4v) is 3.36. The first-order valence-electron chi connectivity index (χ1n) is 8.12. The number of hydrogen-bond donors (Lipinski definition) is 1. The Balaban J connectivity index is 1.75. The number of para-hydroxylation sites is 1. The van der Waals surface area contributed by atoms with Crippen molar-refractivity contribution in [2.45, 2.75) is 39.2 Å². The zero-order valence-corrected chi connectivity index (χ0v) is 12.9. The molecule has 3 nitrogen and oxygen atoms in total. The van der Waals surface area contributed by atoms with E-state index in [1.807, 2.05) is 30.3 Å². The zero-order valence-electron chi connectivity index (χ0n) is 12.9. The van der Waals surface area contributed by atoms with Crippen molar-refractivity contribution in [3.05, 3.63) is 36.0 Å². The summed E-state index contributed by atoms with van der Waals surface area (Å²) in [5, 5.41) is 1.06. The number of rotatable bonds is 3. The van der Waals surface area contributed by atoms with Crippen molar-refractivity contribution in [3.63, 3.8) is 0 Å². The molecule has 1 aliphatic rings. The van der Waals surface area contributed by atoms with E-state index in [4.69, 9.17) is 10.7 Å². The Kier molecular flexibility index (Phi) is 4.39. The summed E-state index contributed by atoms with van der Waals surface area (Å²) in [5.41, 5.74) is 9.13. The van der Waals surface area contributed by atoms with E-state index < -0.39 is 0 Å². The van der Waals surface area contributed by atoms with Crippen LogP contribution in [0, 0.1) is 5.92 Å². The van der Waals surface area contributed by atoms with E-state index in [0.717, 1.165) is 34.7 Å². The summed E-state index contributed by atoms with van der Waals surface area (Å²) in [6, 6.07) is 10.2. The fourth-order valence-electron chi connectivity index (χ4n) is 3.36. The first-order chi connectivity index (χ1) is 10.3. The maximum Gasteiger partial charge on any atom is 0.0726 e. The third kappa shape index (κ3) is 3.35. The van der Waals surface area contributed by atoms with Gasteiger partial charge in [-0.25, -0.2) is 0 Å². The highest BCUT2D eigenvalue weighted by Crippen LogP contribution is 2.23. The molecule has 1 aromatic heterocycles. The number of nitrogens with two attached hydrogens (primary N) is 1. The Morgan fingerprint density at radius 2 is 2.10 bits per heavy atom. The van der Waals surface area contributed by atoms with Gasteiger partial charge < -0.3 is 5.73 Å². The number of anilines is 1. The molecule has 0 aliphatic carbocycles. The number of aromatic nitrogens is 1. The van der Waals surface area contributed by atoms with Crippen molar-refractivity contribution in [1.29, 1.82) is 0 Å². The number of nitrogen functional groups attached to an aromatic ring is 1. The summed E-state index contributed by atoms with van der Waals surface area (Å²) < 4.78 is 0. The smallest absolute Gasteiger partial charge is 0.0726 e. The molecule has 3 rings (SSSR count). The van der Waals surface area contributed by atoms with Crippen LogP contribution in [-0.4, -0.2) is 23.0 Å². The predicted octanol–water partition coefficient (Wildman–Crippen LogP) is 3.83. The van der Waals surface area contributed by atoms with E-state index in [2.05, 4.69) is 11.8 Å². The maximum atomic E-state index is 6.18. The molecule has 0 saturated carbocycles. The van der Waals surface area contributed by atoms with Gasteiger partial charge in [0.15, 0.2) is 0 Å². The normalized spacial score (nSPS) is 20.5. The highest BCUT2D eigenvalue weighted by molar-refractivity contribution is 5.90. The quantitative estimate of drug-likeness (QED) is 0.931. The standard InChI is InChI=1S/C18H25N3/c1-2-14-6-5-10-21(11-9-14)13-15-12-17(19)16-7-3-4-8-18(16)20-15/h3-4,7-8,12,14H,2,5-6,9-11,13H2,1H3,(H2,19,20). The molecule has 2 aromatic rings. The molecule has 1 aromatic carbocycles. The molecule has 0 bridgehead atoms. The highest BCUT2D eigenvalue weighted by atomic mass is 15.1. The van der Waals surface area contributed by atoms with Crippen molar-refractivity contribution < 1.29 is 0 Å². The van der Waals surface area contributed by atoms with Gasteiger partial charge in [0.25, 0.3) is 0 Å². The van der Waals surface area contributed by atoms with Crippen LogP contribution in [-0.2, 0) is 6.54 Å². The van der Waals surface area contributed by atoms with E-state index in [-0.39, 0.29) is 0 Å². The number of pyridine rings is 1. The average Bonchev–Trinajstić information content (AvgIpc) is 2.72. The Labute approximate surface area is 127 Å². The molecule has 1 aliphatic heterocycles. The molecule has 1 atom stereocenters. The molecular formula is C18H25N3. The van der Waals surface area contributed by atoms with Gasteiger partial charge in [0.1, 0.15) is 0 Å². The van der Waals surface area contributed by atoms with Gasteiger partial charge in [0.2, 0.25) is 0 Å². The third-order valence-electron chi connectivity index (χ3n) is 4.70. The van der Waals surface area contributed by atoms with Gasteiger partial charge in [-0.2, -0.15) is 0 Å². The van der Waals surface area contributed by atoms with Crippen molar-refractivity contribution >= 4 is 16.6 Å². The minimum Gasteiger partial charge on any atom is -0.398 e. The van der Waals surface area contributed by atoms with Crippen LogP contribution in [0.4, 0.5) is 5.69 Å². The SMILES string of the molecule is CCC1CCCN(Cc2cc(N)c3ccccc3n2)CC1. The van der Waals surface area contributed by atoms with Gasteiger partial charge in [0, 0.05) is 17.6 Å². The molecule has 1 saturated heterocycles. The molecule has 0 amide bonds. The monoisotopic (exact) mass is 283 g/mol. The van der Waals surface area contributed by atoms with Gasteiger partial charge in [-0.3, -0.25) is 9.88 Å². The maximum absolute atomic E-state index is 6.18. The molecule has 2 N–H and O–H groups in total. The Bertz CT molecular complexity index is 608. The second-order valence-corrected chi connectivity index (χ2v) is 6.20. The van der Waals surface area contributed by atoms with Crippen LogP contribution in [0.15, 0.2) is 30.3 Å². The number of benzene rings is 1. The van der Waals surface area contributed by atoms with Crippen molar-refractivity contribution in [3.8, 4) is 0 Å². The summed E-state index contributed by atoms with van der Waals surface area (Å²) in [5.74, 6) is 0.907. The molecule has 0 spiro atoms. The van der Waals surface area contributed by atoms with Crippen LogP contribution in [0.3, 0.4) is 0 Å². The number of nitrogens with zero attached hydrogens (tertiary/aromatic N) is 2. The molecule has 0 radical (unpaired) electrons. The minimum atomic E-state index is 0.844. The fraction of sp³-hybridized carbons (Fsp3) is 0.500. The van der Waals surface area contributed by atoms with E-state index in [1.165, 1.54) is 38.8 Å². The number of likely N-dealkylation sites (tertiary alicyclic amines) is 1. The lowest BCUT2D eigenvalue weighted by Gasteiger charge is -2.20. The topological polar surface area (TPSA) is 42.1 Å². The lowest BCUT2D eigenvalue weighted by molar-refractivity contribution is 0.269. The van der Waals surface area contributed by atoms with Gasteiger partial charge >= 0.3 is 0 Å². The van der Waals surface area contributed by atoms with Crippen LogP contribution in [0.1, 0.15) is 38.3 Å². The van der Waals surface area contributed by atoms with Crippen molar-refractivity contribution in [2.24, 2.45) is 5.92 Å². The van der Waals surface area contributed by atoms with E-state index >= 15 is 0 Å². The second kappa shape index (κ2) is 6.44. The molecular weight excluding hydrogens is 258 g/mol. The third-order valence-corrected chi connectivity index (χ3v) is 4.70. The molecule has 1 fully saturated rings. The van der Waals surface area contributed by atoms with E-state index in [9.17, 15) is 0 Å². The summed E-state index contributed by atoms with van der Waals surface area (Å²) in [7, 11) is 0. The lowest BCUT2D eigenvalue weighted by atomic mass is 9.98. The largest absolute Gasteiger partial charge is 0.398 e. The summed E-state index contributed by atoms with van der Waals surface area (Å²) >= 11 is 0. The van der Waals surface area contributed by atoms with Crippen molar-refractivity contribution in [2.75, 3.05) is 18.8 Å². The van der Waals surface area contributed by atoms with Crippen LogP contribution < -0.4 is 5.73 Å². The lowest BCUT2D eigenvalue weighted by Crippen LogP contribution is -2.24. The number of fused-ring (bicyclic) bond motifs is 1. The first-order valence-corrected chi connectivity index (χ1v) is 8.12.